The Kier molecular flexibility index (Phi) is 9.77. The van der Waals surface area contributed by atoms with E-state index in [1.165, 1.54) is 0 Å². The number of nitrogens with two attached hydrogens (primary N) is 3. The van der Waals surface area contributed by atoms with Gasteiger partial charge in [-0.2, -0.15) is 37.0 Å². The summed E-state index contributed by atoms with van der Waals surface area (Å²) in [5, 5.41) is 5.16. The molecule has 0 atom stereocenters. The third-order valence-corrected chi connectivity index (χ3v) is 14.5. The Morgan fingerprint density at radius 1 is 0.755 bits per heavy atom. The van der Waals surface area contributed by atoms with Gasteiger partial charge in [-0.05, 0) is 0 Å². The number of anilines is 1. The van der Waals surface area contributed by atoms with Gasteiger partial charge in [0.05, 0.1) is 56.3 Å². The van der Waals surface area contributed by atoms with Crippen LogP contribution in [0.2, 0.25) is 0 Å². The molecule has 4 heterocycles. The summed E-state index contributed by atoms with van der Waals surface area (Å²) in [6, 6.07) is -2.41. The molecule has 18 nitrogen and oxygen atoms in total. The third kappa shape index (κ3) is 6.71. The normalized spacial score (nSPS) is 22.1. The fraction of sp³-hybridized carbons (Fsp3) is 0.333. The minimum Gasteiger partial charge on any atom is -0.397 e. The summed E-state index contributed by atoms with van der Waals surface area (Å²) in [6.45, 7) is 9.97. The van der Waals surface area contributed by atoms with Gasteiger partial charge in [0.15, 0.2) is 12.2 Å². The minimum atomic E-state index is -5.06. The quantitative estimate of drug-likeness (QED) is 0.0625. The first-order valence-electron chi connectivity index (χ1n) is 13.3. The number of carbonyl (C=O) groups is 4. The number of benzene rings is 1. The molecule has 0 radical (unpaired) electrons. The fourth-order valence-corrected chi connectivity index (χ4v) is 12.7. The molecule has 4 aliphatic rings. The summed E-state index contributed by atoms with van der Waals surface area (Å²) >= 11 is 3.30. The highest BCUT2D eigenvalue weighted by Crippen LogP contribution is 2.66. The Balaban J connectivity index is 1.72. The second-order valence-electron chi connectivity index (χ2n) is 12.2. The first-order chi connectivity index (χ1) is 22.4. The van der Waals surface area contributed by atoms with Crippen LogP contribution in [-0.4, -0.2) is 65.3 Å². The van der Waals surface area contributed by atoms with Crippen LogP contribution in [0.4, 0.5) is 15.3 Å². The molecule has 0 saturated heterocycles. The van der Waals surface area contributed by atoms with Crippen molar-refractivity contribution in [3.8, 4) is 0 Å². The highest BCUT2D eigenvalue weighted by molar-refractivity contribution is 8.26. The van der Waals surface area contributed by atoms with E-state index in [0.717, 1.165) is 35.3 Å². The van der Waals surface area contributed by atoms with Crippen molar-refractivity contribution in [3.05, 3.63) is 19.6 Å². The first-order valence-corrected chi connectivity index (χ1v) is 20.2. The van der Waals surface area contributed by atoms with E-state index in [-0.39, 0.29) is 72.8 Å². The van der Waals surface area contributed by atoms with Gasteiger partial charge in [-0.3, -0.25) is 14.1 Å². The van der Waals surface area contributed by atoms with Crippen LogP contribution in [0.5, 0.6) is 0 Å². The van der Waals surface area contributed by atoms with Crippen molar-refractivity contribution >= 4 is 121 Å². The number of hydrogen-bond acceptors (Lipinski definition) is 17. The zero-order valence-electron chi connectivity index (χ0n) is 25.9. The van der Waals surface area contributed by atoms with Crippen LogP contribution >= 0.6 is 59.3 Å². The molecule has 5 rings (SSSR count). The van der Waals surface area contributed by atoms with Crippen molar-refractivity contribution in [2.24, 2.45) is 31.9 Å². The van der Waals surface area contributed by atoms with Crippen molar-refractivity contribution in [1.29, 1.82) is 0 Å². The fourth-order valence-electron chi connectivity index (χ4n) is 4.66. The largest absolute Gasteiger partial charge is 0.397 e. The van der Waals surface area contributed by atoms with Gasteiger partial charge in [0, 0.05) is 10.8 Å². The van der Waals surface area contributed by atoms with E-state index in [1.807, 2.05) is 0 Å². The molecule has 4 aliphatic heterocycles. The van der Waals surface area contributed by atoms with E-state index >= 15 is 0 Å². The molecular formula is C24H25N7O11S7. The summed E-state index contributed by atoms with van der Waals surface area (Å²) in [5.74, 6) is 2.67. The minimum absolute atomic E-state index is 0.00448. The molecule has 0 spiro atoms. The lowest BCUT2D eigenvalue weighted by Gasteiger charge is -2.30. The van der Waals surface area contributed by atoms with Crippen LogP contribution in [0.15, 0.2) is 54.1 Å². The monoisotopic (exact) mass is 811 g/mol. The number of fused-ring (bicyclic) bond motifs is 2. The molecule has 0 fully saturated rings. The SMILES string of the molecule is CC(C)(C)C1=NC(=O)N(S(N)(=O)=O)C(=O)/C1=C1/Sc2c(N)c3c(c(S(=O)(=O)O)c2S1)S/C(=C1/C(=O)N(SOON)C(=O)N=C1C(C)(C)C)S3. The maximum absolute atomic E-state index is 13.7. The van der Waals surface area contributed by atoms with Crippen molar-refractivity contribution in [1.82, 2.24) is 8.61 Å². The number of aliphatic imine (C=N–C) groups is 2. The molecule has 1 aromatic rings. The van der Waals surface area contributed by atoms with E-state index in [1.54, 1.807) is 41.5 Å². The molecule has 49 heavy (non-hydrogen) atoms. The van der Waals surface area contributed by atoms with Gasteiger partial charge in [0.2, 0.25) is 0 Å². The Morgan fingerprint density at radius 2 is 1.18 bits per heavy atom. The maximum Gasteiger partial charge on any atom is 0.365 e. The average molecular weight is 812 g/mol. The molecule has 6 amide bonds. The summed E-state index contributed by atoms with van der Waals surface area (Å²) in [4.78, 5) is 64.0. The Hall–Kier alpha value is -2.43. The second kappa shape index (κ2) is 12.7. The molecule has 0 saturated carbocycles. The number of thioether (sulfide) groups is 4. The van der Waals surface area contributed by atoms with Crippen LogP contribution in [0.1, 0.15) is 41.5 Å². The topological polar surface area (TPSA) is 285 Å². The van der Waals surface area contributed by atoms with Gasteiger partial charge in [0.25, 0.3) is 21.9 Å². The number of imide groups is 2. The van der Waals surface area contributed by atoms with Gasteiger partial charge < -0.3 is 5.73 Å². The number of hydrogen-bond donors (Lipinski definition) is 4. The van der Waals surface area contributed by atoms with Gasteiger partial charge in [-0.15, -0.1) is 13.6 Å². The molecule has 0 aliphatic carbocycles. The number of amides is 6. The van der Waals surface area contributed by atoms with E-state index < -0.39 is 59.9 Å². The Labute approximate surface area is 300 Å². The molecule has 264 valence electrons. The molecule has 1 aromatic carbocycles. The van der Waals surface area contributed by atoms with Crippen LogP contribution in [0.25, 0.3) is 0 Å². The van der Waals surface area contributed by atoms with Gasteiger partial charge >= 0.3 is 22.3 Å². The summed E-state index contributed by atoms with van der Waals surface area (Å²) < 4.78 is 66.1. The van der Waals surface area contributed by atoms with E-state index in [4.69, 9.17) is 16.8 Å². The van der Waals surface area contributed by atoms with Crippen LogP contribution in [0, 0.1) is 10.8 Å². The average Bonchev–Trinajstić information content (AvgIpc) is 3.55. The van der Waals surface area contributed by atoms with Crippen LogP contribution < -0.4 is 16.8 Å². The van der Waals surface area contributed by atoms with Crippen LogP contribution in [0.3, 0.4) is 0 Å². The predicted molar refractivity (Wildman–Crippen MR) is 183 cm³/mol. The molecule has 25 heteroatoms. The third-order valence-electron chi connectivity index (χ3n) is 6.61. The molecular weight excluding hydrogens is 787 g/mol. The van der Waals surface area contributed by atoms with Crippen molar-refractivity contribution in [3.63, 3.8) is 0 Å². The lowest BCUT2D eigenvalue weighted by atomic mass is 9.85. The number of nitrogen functional groups attached to an aromatic ring is 1. The molecule has 0 unspecified atom stereocenters. The first kappa shape index (κ1) is 37.8. The van der Waals surface area contributed by atoms with Gasteiger partial charge in [0.1, 0.15) is 4.90 Å². The van der Waals surface area contributed by atoms with E-state index in [0.29, 0.717) is 16.1 Å². The van der Waals surface area contributed by atoms with E-state index in [2.05, 4.69) is 19.3 Å². The predicted octanol–water partition coefficient (Wildman–Crippen LogP) is 3.82. The zero-order chi connectivity index (χ0) is 36.8. The number of carbonyl (C=O) groups excluding carboxylic acids is 4. The van der Waals surface area contributed by atoms with Gasteiger partial charge in [-0.1, -0.05) is 88.6 Å². The summed E-state index contributed by atoms with van der Waals surface area (Å²) in [6.07, 6.45) is 0. The Morgan fingerprint density at radius 3 is 1.59 bits per heavy atom. The van der Waals surface area contributed by atoms with Crippen molar-refractivity contribution in [2.45, 2.75) is 66.0 Å². The lowest BCUT2D eigenvalue weighted by Crippen LogP contribution is -2.50. The number of urea groups is 2. The molecule has 7 N–H and O–H groups in total. The number of rotatable bonds is 5. The molecule has 0 aromatic heterocycles. The van der Waals surface area contributed by atoms with E-state index in [9.17, 15) is 40.6 Å². The van der Waals surface area contributed by atoms with Gasteiger partial charge in [-0.25, -0.2) is 14.7 Å². The standard InChI is InChI=1S/C24H25N7O11S7/c1-23(2,3)15-7(17(32)30(21(34)28-15)47-42-41-26)19-43-10-9(25)11-13(14(12(10)45-19)48(36,37)38)46-20(44-11)8-16(24(4,5)6)29-22(35)31(18(8)33)49(27,39)40/h25-26H2,1-6H3,(H2,27,39,40)(H,36,37,38)/b19-7+,20-8-. The zero-order valence-corrected chi connectivity index (χ0v) is 31.6. The van der Waals surface area contributed by atoms with Crippen LogP contribution in [-0.2, 0) is 39.2 Å². The van der Waals surface area contributed by atoms with Crippen molar-refractivity contribution in [2.75, 3.05) is 5.73 Å². The lowest BCUT2D eigenvalue weighted by molar-refractivity contribution is -0.197. The highest BCUT2D eigenvalue weighted by atomic mass is 32.2. The molecule has 0 bridgehead atoms. The number of nitrogens with zero attached hydrogens (tertiary/aromatic N) is 4. The summed E-state index contributed by atoms with van der Waals surface area (Å²) in [5.41, 5.74) is 4.31. The summed E-state index contributed by atoms with van der Waals surface area (Å²) in [7, 11) is -9.96. The maximum atomic E-state index is 13.7. The highest BCUT2D eigenvalue weighted by Gasteiger charge is 2.48. The smallest absolute Gasteiger partial charge is 0.365 e. The Bertz CT molecular complexity index is 2130. The van der Waals surface area contributed by atoms with Crippen molar-refractivity contribution < 1.29 is 49.9 Å². The second-order valence-corrected chi connectivity index (χ2v) is 20.2.